The number of halogens is 1. The van der Waals surface area contributed by atoms with Crippen molar-refractivity contribution < 1.29 is 0 Å². The van der Waals surface area contributed by atoms with Crippen molar-refractivity contribution in [2.75, 3.05) is 12.3 Å². The van der Waals surface area contributed by atoms with Crippen molar-refractivity contribution in [1.29, 1.82) is 0 Å². The van der Waals surface area contributed by atoms with Crippen molar-refractivity contribution in [2.45, 2.75) is 42.9 Å². The molecule has 3 N–H and O–H groups in total. The summed E-state index contributed by atoms with van der Waals surface area (Å²) in [5, 5.41) is 4.97. The van der Waals surface area contributed by atoms with E-state index in [9.17, 15) is 0 Å². The summed E-state index contributed by atoms with van der Waals surface area (Å²) in [6, 6.07) is 8.19. The highest BCUT2D eigenvalue weighted by atomic mass is 35.5. The molecule has 2 heterocycles. The second kappa shape index (κ2) is 8.03. The Morgan fingerprint density at radius 1 is 1.32 bits per heavy atom. The Balaban J connectivity index is 1.90. The van der Waals surface area contributed by atoms with Crippen molar-refractivity contribution in [3.8, 4) is 0 Å². The molecule has 0 saturated heterocycles. The van der Waals surface area contributed by atoms with Crippen molar-refractivity contribution in [2.24, 2.45) is 0 Å². The molecule has 0 unspecified atom stereocenters. The Hall–Kier alpha value is -1.83. The van der Waals surface area contributed by atoms with Gasteiger partial charge in [0, 0.05) is 22.5 Å². The van der Waals surface area contributed by atoms with E-state index in [2.05, 4.69) is 38.7 Å². The molecule has 25 heavy (non-hydrogen) atoms. The minimum absolute atomic E-state index is 0.400. The maximum Gasteiger partial charge on any atom is 0.175 e. The van der Waals surface area contributed by atoms with Gasteiger partial charge in [0.2, 0.25) is 0 Å². The van der Waals surface area contributed by atoms with E-state index in [1.807, 2.05) is 24.3 Å². The van der Waals surface area contributed by atoms with Crippen molar-refractivity contribution in [3.05, 3.63) is 35.6 Å². The molecule has 132 valence electrons. The molecule has 6 nitrogen and oxygen atoms in total. The largest absolute Gasteiger partial charge is 0.382 e. The molecule has 0 bridgehead atoms. The number of nitrogen functional groups attached to an aromatic ring is 1. The minimum atomic E-state index is 0.400. The van der Waals surface area contributed by atoms with Crippen LogP contribution >= 0.6 is 23.4 Å². The predicted molar refractivity (Wildman–Crippen MR) is 103 cm³/mol. The first-order chi connectivity index (χ1) is 12.0. The number of rotatable bonds is 7. The first-order valence-electron chi connectivity index (χ1n) is 8.18. The SMILES string of the molecule is CC(C)NCCCn1c(Sc2cccc(Cl)c2)nc2c(N)ncnc21. The van der Waals surface area contributed by atoms with Gasteiger partial charge in [-0.05, 0) is 31.2 Å². The lowest BCUT2D eigenvalue weighted by atomic mass is 10.3. The van der Waals surface area contributed by atoms with Crippen LogP contribution < -0.4 is 11.1 Å². The van der Waals surface area contributed by atoms with Gasteiger partial charge in [0.25, 0.3) is 0 Å². The van der Waals surface area contributed by atoms with Crippen molar-refractivity contribution in [1.82, 2.24) is 24.8 Å². The summed E-state index contributed by atoms with van der Waals surface area (Å²) in [7, 11) is 0. The van der Waals surface area contributed by atoms with Crippen LogP contribution in [0.2, 0.25) is 5.02 Å². The minimum Gasteiger partial charge on any atom is -0.382 e. The third-order valence-electron chi connectivity index (χ3n) is 3.64. The van der Waals surface area contributed by atoms with Crippen LogP contribution in [-0.2, 0) is 6.54 Å². The monoisotopic (exact) mass is 376 g/mol. The van der Waals surface area contributed by atoms with Crippen LogP contribution in [0.4, 0.5) is 5.82 Å². The zero-order valence-corrected chi connectivity index (χ0v) is 15.8. The first kappa shape index (κ1) is 18.0. The highest BCUT2D eigenvalue weighted by Crippen LogP contribution is 2.32. The predicted octanol–water partition coefficient (Wildman–Crippen LogP) is 3.60. The molecule has 0 spiro atoms. The van der Waals surface area contributed by atoms with Crippen LogP contribution in [0.15, 0.2) is 40.6 Å². The Morgan fingerprint density at radius 3 is 2.92 bits per heavy atom. The summed E-state index contributed by atoms with van der Waals surface area (Å²) in [6.07, 6.45) is 2.45. The van der Waals surface area contributed by atoms with E-state index < -0.39 is 0 Å². The standard InChI is InChI=1S/C17H21ClN6S/c1-11(2)20-7-4-8-24-16-14(15(19)21-10-22-16)23-17(24)25-13-6-3-5-12(18)9-13/h3,5-6,9-11,20H,4,7-8H2,1-2H3,(H2,19,21,22). The van der Waals surface area contributed by atoms with Gasteiger partial charge < -0.3 is 15.6 Å². The smallest absolute Gasteiger partial charge is 0.175 e. The molecule has 0 amide bonds. The average Bonchev–Trinajstić information content (AvgIpc) is 2.90. The summed E-state index contributed by atoms with van der Waals surface area (Å²) in [5.41, 5.74) is 7.39. The molecular formula is C17H21ClN6S. The van der Waals surface area contributed by atoms with Gasteiger partial charge >= 0.3 is 0 Å². The highest BCUT2D eigenvalue weighted by molar-refractivity contribution is 7.99. The first-order valence-corrected chi connectivity index (χ1v) is 9.37. The van der Waals surface area contributed by atoms with Crippen LogP contribution in [-0.4, -0.2) is 32.1 Å². The number of imidazole rings is 1. The summed E-state index contributed by atoms with van der Waals surface area (Å²) < 4.78 is 2.10. The molecule has 0 saturated carbocycles. The molecule has 0 atom stereocenters. The molecule has 1 aromatic carbocycles. The average molecular weight is 377 g/mol. The van der Waals surface area contributed by atoms with E-state index in [0.717, 1.165) is 35.2 Å². The van der Waals surface area contributed by atoms with Gasteiger partial charge in [-0.15, -0.1) is 0 Å². The molecule has 0 aliphatic carbocycles. The van der Waals surface area contributed by atoms with E-state index in [-0.39, 0.29) is 0 Å². The number of fused-ring (bicyclic) bond motifs is 1. The zero-order chi connectivity index (χ0) is 17.8. The van der Waals surface area contributed by atoms with Crippen molar-refractivity contribution >= 4 is 40.3 Å². The lowest BCUT2D eigenvalue weighted by molar-refractivity contribution is 0.525. The Morgan fingerprint density at radius 2 is 2.16 bits per heavy atom. The van der Waals surface area contributed by atoms with Gasteiger partial charge in [0.1, 0.15) is 6.33 Å². The fourth-order valence-corrected chi connectivity index (χ4v) is 3.70. The van der Waals surface area contributed by atoms with Crippen LogP contribution in [0.25, 0.3) is 11.2 Å². The fraction of sp³-hybridized carbons (Fsp3) is 0.353. The van der Waals surface area contributed by atoms with Crippen LogP contribution in [0.3, 0.4) is 0 Å². The second-order valence-corrected chi connectivity index (χ2v) is 7.48. The molecule has 3 rings (SSSR count). The molecular weight excluding hydrogens is 356 g/mol. The third kappa shape index (κ3) is 4.42. The molecule has 8 heteroatoms. The Kier molecular flexibility index (Phi) is 5.78. The maximum atomic E-state index is 6.10. The van der Waals surface area contributed by atoms with Gasteiger partial charge in [-0.1, -0.05) is 43.3 Å². The van der Waals surface area contributed by atoms with E-state index in [4.69, 9.17) is 17.3 Å². The Labute approximate surface area is 156 Å². The number of benzene rings is 1. The third-order valence-corrected chi connectivity index (χ3v) is 4.86. The van der Waals surface area contributed by atoms with Gasteiger partial charge in [-0.3, -0.25) is 0 Å². The maximum absolute atomic E-state index is 6.10. The molecule has 0 aliphatic heterocycles. The number of hydrogen-bond acceptors (Lipinski definition) is 6. The van der Waals surface area contributed by atoms with Gasteiger partial charge in [0.15, 0.2) is 22.1 Å². The molecule has 2 aromatic heterocycles. The lowest BCUT2D eigenvalue weighted by Crippen LogP contribution is -2.24. The number of nitrogens with zero attached hydrogens (tertiary/aromatic N) is 4. The van der Waals surface area contributed by atoms with Crippen LogP contribution in [0, 0.1) is 0 Å². The quantitative estimate of drug-likeness (QED) is 0.613. The highest BCUT2D eigenvalue weighted by Gasteiger charge is 2.15. The van der Waals surface area contributed by atoms with E-state index in [1.165, 1.54) is 6.33 Å². The van der Waals surface area contributed by atoms with E-state index in [0.29, 0.717) is 22.4 Å². The molecule has 3 aromatic rings. The molecule has 0 radical (unpaired) electrons. The molecule has 0 aliphatic rings. The fourth-order valence-electron chi connectivity index (χ4n) is 2.48. The Bertz CT molecular complexity index is 863. The van der Waals surface area contributed by atoms with Crippen LogP contribution in [0.1, 0.15) is 20.3 Å². The summed E-state index contributed by atoms with van der Waals surface area (Å²) in [6.45, 7) is 6.01. The zero-order valence-electron chi connectivity index (χ0n) is 14.2. The number of aromatic nitrogens is 4. The van der Waals surface area contributed by atoms with Gasteiger partial charge in [-0.2, -0.15) is 0 Å². The number of aryl methyl sites for hydroxylation is 1. The molecule has 0 fully saturated rings. The van der Waals surface area contributed by atoms with Gasteiger partial charge in [0.05, 0.1) is 0 Å². The normalized spacial score (nSPS) is 11.5. The second-order valence-electron chi connectivity index (χ2n) is 6.00. The number of anilines is 1. The number of nitrogens with two attached hydrogens (primary N) is 1. The number of hydrogen-bond donors (Lipinski definition) is 2. The summed E-state index contributed by atoms with van der Waals surface area (Å²) >= 11 is 7.65. The van der Waals surface area contributed by atoms with Crippen molar-refractivity contribution in [3.63, 3.8) is 0 Å². The summed E-state index contributed by atoms with van der Waals surface area (Å²) in [4.78, 5) is 14.1. The van der Waals surface area contributed by atoms with E-state index in [1.54, 1.807) is 11.8 Å². The number of nitrogens with one attached hydrogen (secondary N) is 1. The lowest BCUT2D eigenvalue weighted by Gasteiger charge is -2.10. The van der Waals surface area contributed by atoms with Gasteiger partial charge in [-0.25, -0.2) is 15.0 Å². The van der Waals surface area contributed by atoms with E-state index >= 15 is 0 Å². The topological polar surface area (TPSA) is 81.7 Å². The summed E-state index contributed by atoms with van der Waals surface area (Å²) in [5.74, 6) is 0.400. The van der Waals surface area contributed by atoms with Crippen LogP contribution in [0.5, 0.6) is 0 Å².